The lowest BCUT2D eigenvalue weighted by Gasteiger charge is -2.33. The lowest BCUT2D eigenvalue weighted by molar-refractivity contribution is -0.120. The minimum atomic E-state index is -0.278. The van der Waals surface area contributed by atoms with Gasteiger partial charge < -0.3 is 10.2 Å². The zero-order valence-corrected chi connectivity index (χ0v) is 16.4. The van der Waals surface area contributed by atoms with Crippen molar-refractivity contribution in [3.63, 3.8) is 0 Å². The van der Waals surface area contributed by atoms with E-state index in [1.807, 2.05) is 36.4 Å². The van der Waals surface area contributed by atoms with Crippen LogP contribution in [0.1, 0.15) is 18.5 Å². The number of amides is 1. The average Bonchev–Trinajstić information content (AvgIpc) is 2.80. The van der Waals surface area contributed by atoms with Crippen LogP contribution in [0.3, 0.4) is 0 Å². The van der Waals surface area contributed by atoms with Crippen molar-refractivity contribution in [2.45, 2.75) is 12.8 Å². The summed E-state index contributed by atoms with van der Waals surface area (Å²) < 4.78 is 13.2. The molecule has 2 aromatic carbocycles. The Morgan fingerprint density at radius 1 is 1.10 bits per heavy atom. The van der Waals surface area contributed by atoms with Crippen molar-refractivity contribution in [2.75, 3.05) is 23.3 Å². The molecule has 1 atom stereocenters. The van der Waals surface area contributed by atoms with Crippen LogP contribution in [0.5, 0.6) is 0 Å². The van der Waals surface area contributed by atoms with Gasteiger partial charge in [-0.2, -0.15) is 5.26 Å². The van der Waals surface area contributed by atoms with Gasteiger partial charge in [-0.05, 0) is 60.4 Å². The molecule has 1 saturated heterocycles. The maximum Gasteiger partial charge on any atom is 0.229 e. The van der Waals surface area contributed by atoms with Gasteiger partial charge in [0.2, 0.25) is 5.91 Å². The van der Waals surface area contributed by atoms with Gasteiger partial charge in [-0.3, -0.25) is 4.79 Å². The second kappa shape index (κ2) is 8.75. The molecular formula is C24H21FN4O. The van der Waals surface area contributed by atoms with Crippen molar-refractivity contribution in [3.05, 3.63) is 78.2 Å². The van der Waals surface area contributed by atoms with Gasteiger partial charge in [-0.15, -0.1) is 0 Å². The van der Waals surface area contributed by atoms with Gasteiger partial charge in [0.15, 0.2) is 0 Å². The Labute approximate surface area is 174 Å². The minimum absolute atomic E-state index is 0.0348. The molecule has 1 fully saturated rings. The number of halogens is 1. The summed E-state index contributed by atoms with van der Waals surface area (Å²) >= 11 is 0. The molecule has 2 heterocycles. The van der Waals surface area contributed by atoms with Crippen molar-refractivity contribution in [3.8, 4) is 17.2 Å². The van der Waals surface area contributed by atoms with Crippen LogP contribution in [0, 0.1) is 23.1 Å². The normalized spacial score (nSPS) is 16.0. The number of nitriles is 1. The summed E-state index contributed by atoms with van der Waals surface area (Å²) in [4.78, 5) is 19.3. The first-order chi connectivity index (χ1) is 14.6. The first-order valence-corrected chi connectivity index (χ1v) is 9.91. The topological polar surface area (TPSA) is 69.0 Å². The van der Waals surface area contributed by atoms with E-state index in [0.717, 1.165) is 36.3 Å². The van der Waals surface area contributed by atoms with E-state index < -0.39 is 0 Å². The van der Waals surface area contributed by atoms with Crippen LogP contribution in [0.25, 0.3) is 11.1 Å². The van der Waals surface area contributed by atoms with Crippen molar-refractivity contribution in [2.24, 2.45) is 5.92 Å². The fourth-order valence-electron chi connectivity index (χ4n) is 3.72. The molecule has 0 bridgehead atoms. The summed E-state index contributed by atoms with van der Waals surface area (Å²) in [5.74, 6) is 0.248. The number of piperidine rings is 1. The SMILES string of the molecule is N#Cc1cccc(N2CCC[C@@H](C(=O)Nc3cccc(-c4ccc(F)cc4)c3)C2)n1. The number of anilines is 2. The highest BCUT2D eigenvalue weighted by molar-refractivity contribution is 5.93. The maximum absolute atomic E-state index is 13.2. The van der Waals surface area contributed by atoms with Crippen molar-refractivity contribution in [1.29, 1.82) is 5.26 Å². The Hall–Kier alpha value is -3.72. The van der Waals surface area contributed by atoms with Crippen LogP contribution in [-0.4, -0.2) is 24.0 Å². The predicted molar refractivity (Wildman–Crippen MR) is 114 cm³/mol. The maximum atomic E-state index is 13.2. The molecule has 1 aliphatic heterocycles. The van der Waals surface area contributed by atoms with Gasteiger partial charge in [-0.1, -0.05) is 30.3 Å². The van der Waals surface area contributed by atoms with Gasteiger partial charge in [0, 0.05) is 18.8 Å². The molecule has 1 aliphatic rings. The van der Waals surface area contributed by atoms with Crippen molar-refractivity contribution >= 4 is 17.4 Å². The number of carbonyl (C=O) groups excluding carboxylic acids is 1. The summed E-state index contributed by atoms with van der Waals surface area (Å²) in [5.41, 5.74) is 2.88. The number of nitrogens with one attached hydrogen (secondary N) is 1. The molecule has 0 spiro atoms. The van der Waals surface area contributed by atoms with Gasteiger partial charge >= 0.3 is 0 Å². The number of aromatic nitrogens is 1. The second-order valence-electron chi connectivity index (χ2n) is 7.35. The van der Waals surface area contributed by atoms with E-state index >= 15 is 0 Å². The first-order valence-electron chi connectivity index (χ1n) is 9.91. The number of hydrogen-bond acceptors (Lipinski definition) is 4. The quantitative estimate of drug-likeness (QED) is 0.694. The highest BCUT2D eigenvalue weighted by atomic mass is 19.1. The number of nitrogens with zero attached hydrogens (tertiary/aromatic N) is 3. The molecule has 30 heavy (non-hydrogen) atoms. The van der Waals surface area contributed by atoms with Gasteiger partial charge in [0.05, 0.1) is 5.92 Å². The van der Waals surface area contributed by atoms with Crippen LogP contribution in [-0.2, 0) is 4.79 Å². The highest BCUT2D eigenvalue weighted by Gasteiger charge is 2.26. The van der Waals surface area contributed by atoms with E-state index in [4.69, 9.17) is 5.26 Å². The third-order valence-electron chi connectivity index (χ3n) is 5.27. The molecule has 1 amide bonds. The Balaban J connectivity index is 1.45. The highest BCUT2D eigenvalue weighted by Crippen LogP contribution is 2.26. The Bertz CT molecular complexity index is 1090. The lowest BCUT2D eigenvalue weighted by Crippen LogP contribution is -2.41. The van der Waals surface area contributed by atoms with Crippen molar-refractivity contribution < 1.29 is 9.18 Å². The number of pyridine rings is 1. The molecule has 0 radical (unpaired) electrons. The fourth-order valence-corrected chi connectivity index (χ4v) is 3.72. The number of rotatable bonds is 4. The third-order valence-corrected chi connectivity index (χ3v) is 5.27. The standard InChI is InChI=1S/C24H21FN4O/c25-20-11-9-17(10-12-20)18-4-1-6-21(14-18)28-24(30)19-5-3-13-29(16-19)23-8-2-7-22(15-26)27-23/h1-2,4,6-12,14,19H,3,5,13,16H2,(H,28,30)/t19-/m1/s1. The third kappa shape index (κ3) is 4.47. The molecule has 4 rings (SSSR count). The molecule has 1 N–H and O–H groups in total. The Kier molecular flexibility index (Phi) is 5.71. The minimum Gasteiger partial charge on any atom is -0.356 e. The van der Waals surface area contributed by atoms with Gasteiger partial charge in [-0.25, -0.2) is 9.37 Å². The molecular weight excluding hydrogens is 379 g/mol. The van der Waals surface area contributed by atoms with E-state index in [9.17, 15) is 9.18 Å². The molecule has 0 saturated carbocycles. The van der Waals surface area contributed by atoms with Crippen LogP contribution < -0.4 is 10.2 Å². The molecule has 0 unspecified atom stereocenters. The average molecular weight is 400 g/mol. The van der Waals surface area contributed by atoms with Crippen LogP contribution in [0.2, 0.25) is 0 Å². The molecule has 5 nitrogen and oxygen atoms in total. The summed E-state index contributed by atoms with van der Waals surface area (Å²) in [6.07, 6.45) is 1.68. The van der Waals surface area contributed by atoms with E-state index in [1.54, 1.807) is 18.2 Å². The van der Waals surface area contributed by atoms with E-state index in [-0.39, 0.29) is 17.6 Å². The monoisotopic (exact) mass is 400 g/mol. The zero-order valence-electron chi connectivity index (χ0n) is 16.4. The Morgan fingerprint density at radius 2 is 1.90 bits per heavy atom. The summed E-state index contributed by atoms with van der Waals surface area (Å²) in [7, 11) is 0. The first kappa shape index (κ1) is 19.6. The summed E-state index contributed by atoms with van der Waals surface area (Å²) in [6.45, 7) is 1.37. The lowest BCUT2D eigenvalue weighted by atomic mass is 9.96. The van der Waals surface area contributed by atoms with Crippen LogP contribution >= 0.6 is 0 Å². The summed E-state index contributed by atoms with van der Waals surface area (Å²) in [5, 5.41) is 12.1. The Morgan fingerprint density at radius 3 is 2.70 bits per heavy atom. The number of hydrogen-bond donors (Lipinski definition) is 1. The van der Waals surface area contributed by atoms with E-state index in [0.29, 0.717) is 17.9 Å². The predicted octanol–water partition coefficient (Wildman–Crippen LogP) is 4.61. The van der Waals surface area contributed by atoms with E-state index in [1.165, 1.54) is 12.1 Å². The van der Waals surface area contributed by atoms with Gasteiger partial charge in [0.1, 0.15) is 23.4 Å². The second-order valence-corrected chi connectivity index (χ2v) is 7.35. The van der Waals surface area contributed by atoms with Gasteiger partial charge in [0.25, 0.3) is 0 Å². The number of carbonyl (C=O) groups is 1. The number of benzene rings is 2. The van der Waals surface area contributed by atoms with E-state index in [2.05, 4.69) is 21.3 Å². The van der Waals surface area contributed by atoms with Crippen LogP contribution in [0.4, 0.5) is 15.9 Å². The summed E-state index contributed by atoms with van der Waals surface area (Å²) in [6, 6.07) is 21.2. The molecule has 0 aliphatic carbocycles. The largest absolute Gasteiger partial charge is 0.356 e. The molecule has 3 aromatic rings. The smallest absolute Gasteiger partial charge is 0.229 e. The molecule has 6 heteroatoms. The fraction of sp³-hybridized carbons (Fsp3) is 0.208. The molecule has 150 valence electrons. The zero-order chi connectivity index (χ0) is 20.9. The molecule has 1 aromatic heterocycles. The van der Waals surface area contributed by atoms with Crippen LogP contribution in [0.15, 0.2) is 66.7 Å². The van der Waals surface area contributed by atoms with Crippen molar-refractivity contribution in [1.82, 2.24) is 4.98 Å².